The highest BCUT2D eigenvalue weighted by Crippen LogP contribution is 2.43. The summed E-state index contributed by atoms with van der Waals surface area (Å²) in [5.74, 6) is -0.187. The van der Waals surface area contributed by atoms with Crippen LogP contribution in [-0.2, 0) is 29.4 Å². The third-order valence-electron chi connectivity index (χ3n) is 6.26. The normalized spacial score (nSPS) is 17.4. The molecular formula is C25H39ClN4O7P2. The highest BCUT2D eigenvalue weighted by molar-refractivity contribution is 7.54. The summed E-state index contributed by atoms with van der Waals surface area (Å²) in [5, 5.41) is 5.09. The van der Waals surface area contributed by atoms with Gasteiger partial charge in [0, 0.05) is 25.0 Å². The molecule has 0 spiro atoms. The van der Waals surface area contributed by atoms with Crippen LogP contribution in [0.5, 0.6) is 0 Å². The summed E-state index contributed by atoms with van der Waals surface area (Å²) in [6.07, 6.45) is 2.18. The van der Waals surface area contributed by atoms with Crippen LogP contribution >= 0.6 is 27.9 Å². The molecule has 1 aliphatic heterocycles. The minimum absolute atomic E-state index is 0. The Labute approximate surface area is 236 Å². The van der Waals surface area contributed by atoms with E-state index < -0.39 is 15.5 Å². The van der Waals surface area contributed by atoms with Crippen LogP contribution in [-0.4, -0.2) is 65.4 Å². The zero-order chi connectivity index (χ0) is 27.8. The first-order chi connectivity index (χ1) is 18.0. The van der Waals surface area contributed by atoms with Crippen molar-refractivity contribution in [1.29, 1.82) is 0 Å². The second-order valence-electron chi connectivity index (χ2n) is 9.09. The molecule has 11 nitrogen and oxygen atoms in total. The number of amides is 1. The van der Waals surface area contributed by atoms with Crippen LogP contribution in [0.25, 0.3) is 0 Å². The largest absolute Gasteiger partial charge is 0.430 e. The molecule has 39 heavy (non-hydrogen) atoms. The summed E-state index contributed by atoms with van der Waals surface area (Å²) in [4.78, 5) is 37.6. The van der Waals surface area contributed by atoms with Gasteiger partial charge in [-0.1, -0.05) is 30.3 Å². The number of carbonyl (C=O) groups excluding carboxylic acids is 1. The lowest BCUT2D eigenvalue weighted by Gasteiger charge is -2.32. The van der Waals surface area contributed by atoms with Crippen molar-refractivity contribution in [3.05, 3.63) is 59.7 Å². The summed E-state index contributed by atoms with van der Waals surface area (Å²) < 4.78 is 34.4. The molecule has 218 valence electrons. The van der Waals surface area contributed by atoms with E-state index >= 15 is 0 Å². The lowest BCUT2D eigenvalue weighted by molar-refractivity contribution is -0.131. The third-order valence-corrected chi connectivity index (χ3v) is 8.54. The Bertz CT molecular complexity index is 1180. The number of likely N-dealkylation sites (N-methyl/N-ethyl adjacent to an activating group) is 1. The molecule has 1 amide bonds. The van der Waals surface area contributed by atoms with Gasteiger partial charge in [-0.3, -0.25) is 24.0 Å². The van der Waals surface area contributed by atoms with Crippen molar-refractivity contribution in [3.8, 4) is 0 Å². The van der Waals surface area contributed by atoms with Gasteiger partial charge in [0.15, 0.2) is 0 Å². The molecule has 2 aromatic carbocycles. The SMILES string of the molecule is CCOP(=O)(O)Nc1cccc([C@@H](CN2CCCC2)N(C)C(=O)Cc2ccccc2NP(=O)(O)OCC)c1.Cl. The van der Waals surface area contributed by atoms with Gasteiger partial charge in [-0.15, -0.1) is 12.4 Å². The lowest BCUT2D eigenvalue weighted by Crippen LogP contribution is -2.39. The number of hydrogen-bond donors (Lipinski definition) is 4. The number of nitrogens with zero attached hydrogens (tertiary/aromatic N) is 2. The Morgan fingerprint density at radius 2 is 1.62 bits per heavy atom. The molecule has 3 rings (SSSR count). The minimum Gasteiger partial charge on any atom is -0.337 e. The molecule has 0 aromatic heterocycles. The van der Waals surface area contributed by atoms with Crippen molar-refractivity contribution < 1.29 is 32.8 Å². The van der Waals surface area contributed by atoms with Gasteiger partial charge in [0.1, 0.15) is 0 Å². The predicted molar refractivity (Wildman–Crippen MR) is 155 cm³/mol. The molecule has 2 unspecified atom stereocenters. The number of halogens is 1. The number of likely N-dealkylation sites (tertiary alicyclic amines) is 1. The predicted octanol–water partition coefficient (Wildman–Crippen LogP) is 5.04. The first-order valence-electron chi connectivity index (χ1n) is 12.7. The van der Waals surface area contributed by atoms with Crippen molar-refractivity contribution in [2.75, 3.05) is 50.1 Å². The Morgan fingerprint density at radius 3 is 2.26 bits per heavy atom. The van der Waals surface area contributed by atoms with Crippen LogP contribution in [0.1, 0.15) is 43.9 Å². The molecule has 0 aliphatic carbocycles. The number of para-hydroxylation sites is 1. The summed E-state index contributed by atoms with van der Waals surface area (Å²) in [6, 6.07) is 13.6. The maximum atomic E-state index is 13.5. The Balaban J connectivity index is 0.00000533. The zero-order valence-corrected chi connectivity index (χ0v) is 25.1. The number of carbonyl (C=O) groups is 1. The molecule has 14 heteroatoms. The Morgan fingerprint density at radius 1 is 1.00 bits per heavy atom. The van der Waals surface area contributed by atoms with E-state index in [0.29, 0.717) is 23.5 Å². The summed E-state index contributed by atoms with van der Waals surface area (Å²) in [5.41, 5.74) is 2.13. The zero-order valence-electron chi connectivity index (χ0n) is 22.5. The van der Waals surface area contributed by atoms with Crippen LogP contribution in [0.15, 0.2) is 48.5 Å². The van der Waals surface area contributed by atoms with Crippen LogP contribution in [0.4, 0.5) is 11.4 Å². The second kappa shape index (κ2) is 15.2. The molecule has 0 bridgehead atoms. The van der Waals surface area contributed by atoms with Gasteiger partial charge in [0.05, 0.1) is 25.7 Å². The molecule has 1 fully saturated rings. The summed E-state index contributed by atoms with van der Waals surface area (Å²) in [7, 11) is -6.35. The van der Waals surface area contributed by atoms with Gasteiger partial charge in [0.2, 0.25) is 5.91 Å². The van der Waals surface area contributed by atoms with Gasteiger partial charge in [-0.2, -0.15) is 0 Å². The van der Waals surface area contributed by atoms with Crippen LogP contribution in [0.3, 0.4) is 0 Å². The summed E-state index contributed by atoms with van der Waals surface area (Å²) in [6.45, 7) is 5.87. The van der Waals surface area contributed by atoms with Gasteiger partial charge in [-0.25, -0.2) is 9.13 Å². The fraction of sp³-hybridized carbons (Fsp3) is 0.480. The Hall–Kier alpha value is -1.94. The van der Waals surface area contributed by atoms with E-state index in [9.17, 15) is 23.7 Å². The van der Waals surface area contributed by atoms with Crippen LogP contribution < -0.4 is 10.2 Å². The molecule has 0 radical (unpaired) electrons. The second-order valence-corrected chi connectivity index (χ2v) is 12.1. The smallest absolute Gasteiger partial charge is 0.337 e. The molecule has 3 atom stereocenters. The molecule has 1 saturated heterocycles. The monoisotopic (exact) mass is 604 g/mol. The van der Waals surface area contributed by atoms with E-state index in [1.165, 1.54) is 0 Å². The molecule has 4 N–H and O–H groups in total. The standard InChI is InChI=1S/C25H38N4O7P2.ClH/c1-4-35-37(31,32)26-22-13-10-12-21(17-22)24(19-29-15-8-9-16-29)28(3)25(30)18-20-11-6-7-14-23(20)27-38(33,34)36-5-2;/h6-7,10-14,17,24H,4-5,8-9,15-16,18-19H2,1-3H3,(H2,26,31,32)(H2,27,33,34);1H/t24-;/m1./s1. The highest BCUT2D eigenvalue weighted by atomic mass is 35.5. The maximum Gasteiger partial charge on any atom is 0.430 e. The molecule has 0 saturated carbocycles. The van der Waals surface area contributed by atoms with E-state index in [0.717, 1.165) is 31.5 Å². The highest BCUT2D eigenvalue weighted by Gasteiger charge is 2.28. The molecule has 1 heterocycles. The molecule has 2 aromatic rings. The molecular weight excluding hydrogens is 566 g/mol. The van der Waals surface area contributed by atoms with E-state index in [2.05, 4.69) is 15.1 Å². The van der Waals surface area contributed by atoms with Crippen molar-refractivity contribution in [3.63, 3.8) is 0 Å². The average Bonchev–Trinajstić information content (AvgIpc) is 3.36. The van der Waals surface area contributed by atoms with Gasteiger partial charge < -0.3 is 19.6 Å². The van der Waals surface area contributed by atoms with E-state index in [1.807, 2.05) is 6.07 Å². The number of nitrogens with one attached hydrogen (secondary N) is 2. The first kappa shape index (κ1) is 33.3. The van der Waals surface area contributed by atoms with Gasteiger partial charge in [0.25, 0.3) is 0 Å². The summed E-state index contributed by atoms with van der Waals surface area (Å²) >= 11 is 0. The Kier molecular flexibility index (Phi) is 12.9. The fourth-order valence-electron chi connectivity index (χ4n) is 4.45. The van der Waals surface area contributed by atoms with Crippen molar-refractivity contribution in [2.45, 2.75) is 39.2 Å². The average molecular weight is 605 g/mol. The van der Waals surface area contributed by atoms with E-state index in [-0.39, 0.29) is 44.0 Å². The maximum absolute atomic E-state index is 13.5. The fourth-order valence-corrected chi connectivity index (χ4v) is 6.27. The third kappa shape index (κ3) is 10.2. The number of anilines is 2. The van der Waals surface area contributed by atoms with E-state index in [1.54, 1.807) is 68.3 Å². The number of hydrogen-bond acceptors (Lipinski definition) is 6. The topological polar surface area (TPSA) is 141 Å². The minimum atomic E-state index is -4.07. The number of benzene rings is 2. The van der Waals surface area contributed by atoms with Crippen LogP contribution in [0, 0.1) is 0 Å². The molecule has 1 aliphatic rings. The van der Waals surface area contributed by atoms with Gasteiger partial charge >= 0.3 is 15.5 Å². The first-order valence-corrected chi connectivity index (χ1v) is 15.9. The van der Waals surface area contributed by atoms with Gasteiger partial charge in [-0.05, 0) is 69.1 Å². The van der Waals surface area contributed by atoms with Crippen LogP contribution in [0.2, 0.25) is 0 Å². The quantitative estimate of drug-likeness (QED) is 0.217. The van der Waals surface area contributed by atoms with Crippen molar-refractivity contribution in [1.82, 2.24) is 9.80 Å². The van der Waals surface area contributed by atoms with Crippen molar-refractivity contribution >= 4 is 45.2 Å². The van der Waals surface area contributed by atoms with E-state index in [4.69, 9.17) is 9.05 Å². The van der Waals surface area contributed by atoms with Crippen molar-refractivity contribution in [2.24, 2.45) is 0 Å². The number of rotatable bonds is 14. The lowest BCUT2D eigenvalue weighted by atomic mass is 10.0.